The maximum atomic E-state index is 12.8. The van der Waals surface area contributed by atoms with E-state index >= 15 is 0 Å². The second-order valence-electron chi connectivity index (χ2n) is 5.11. The molecule has 0 aliphatic heterocycles. The van der Waals surface area contributed by atoms with E-state index in [-0.39, 0.29) is 24.2 Å². The van der Waals surface area contributed by atoms with Crippen molar-refractivity contribution in [1.29, 1.82) is 0 Å². The number of hydrogen-bond acceptors (Lipinski definition) is 3. The zero-order valence-electron chi connectivity index (χ0n) is 13.2. The standard InChI is InChI=1S/C18H20FNO3/c1-22-16-5-3-4-14(11-16)17(23-2)12-20-18(21)10-13-6-8-15(19)9-7-13/h3-9,11,17H,10,12H2,1-2H3,(H,20,21)/t17-/m1/s1. The predicted molar refractivity (Wildman–Crippen MR) is 85.9 cm³/mol. The molecule has 0 aliphatic rings. The van der Waals surface area contributed by atoms with Crippen LogP contribution in [0.3, 0.4) is 0 Å². The van der Waals surface area contributed by atoms with Gasteiger partial charge in [0.15, 0.2) is 0 Å². The molecular formula is C18H20FNO3. The number of rotatable bonds is 7. The van der Waals surface area contributed by atoms with Gasteiger partial charge in [-0.05, 0) is 35.4 Å². The number of carbonyl (C=O) groups is 1. The summed E-state index contributed by atoms with van der Waals surface area (Å²) >= 11 is 0. The summed E-state index contributed by atoms with van der Waals surface area (Å²) in [6, 6.07) is 13.4. The van der Waals surface area contributed by atoms with Gasteiger partial charge >= 0.3 is 0 Å². The van der Waals surface area contributed by atoms with Crippen LogP contribution in [0.15, 0.2) is 48.5 Å². The number of hydrogen-bond donors (Lipinski definition) is 1. The van der Waals surface area contributed by atoms with Crippen LogP contribution in [-0.4, -0.2) is 26.7 Å². The molecule has 0 saturated heterocycles. The Hall–Kier alpha value is -2.40. The van der Waals surface area contributed by atoms with E-state index in [1.54, 1.807) is 26.4 Å². The van der Waals surface area contributed by atoms with Crippen LogP contribution in [0.1, 0.15) is 17.2 Å². The predicted octanol–water partition coefficient (Wildman–Crippen LogP) is 2.88. The van der Waals surface area contributed by atoms with Crippen molar-refractivity contribution in [1.82, 2.24) is 5.32 Å². The molecule has 0 spiro atoms. The molecule has 5 heteroatoms. The number of nitrogens with one attached hydrogen (secondary N) is 1. The molecule has 0 radical (unpaired) electrons. The molecule has 1 N–H and O–H groups in total. The summed E-state index contributed by atoms with van der Waals surface area (Å²) < 4.78 is 23.5. The molecule has 0 unspecified atom stereocenters. The van der Waals surface area contributed by atoms with E-state index in [4.69, 9.17) is 9.47 Å². The summed E-state index contributed by atoms with van der Waals surface area (Å²) in [6.07, 6.45) is -0.0586. The van der Waals surface area contributed by atoms with Crippen LogP contribution in [0, 0.1) is 5.82 Å². The molecule has 2 rings (SSSR count). The lowest BCUT2D eigenvalue weighted by atomic mass is 10.1. The third kappa shape index (κ3) is 5.07. The molecule has 0 aliphatic carbocycles. The smallest absolute Gasteiger partial charge is 0.224 e. The molecule has 0 fully saturated rings. The molecule has 1 atom stereocenters. The highest BCUT2D eigenvalue weighted by Crippen LogP contribution is 2.21. The molecule has 1 amide bonds. The van der Waals surface area contributed by atoms with E-state index < -0.39 is 0 Å². The van der Waals surface area contributed by atoms with Crippen LogP contribution >= 0.6 is 0 Å². The fourth-order valence-corrected chi connectivity index (χ4v) is 2.24. The molecule has 0 saturated carbocycles. The fourth-order valence-electron chi connectivity index (χ4n) is 2.24. The number of ether oxygens (including phenoxy) is 2. The first-order chi connectivity index (χ1) is 11.1. The van der Waals surface area contributed by atoms with Crippen molar-refractivity contribution in [3.8, 4) is 5.75 Å². The SMILES string of the molecule is COc1cccc([C@@H](CNC(=O)Cc2ccc(F)cc2)OC)c1. The Morgan fingerprint density at radius 3 is 2.57 bits per heavy atom. The van der Waals surface area contributed by atoms with Crippen molar-refractivity contribution in [3.63, 3.8) is 0 Å². The first kappa shape index (κ1) is 17.0. The molecule has 2 aromatic carbocycles. The van der Waals surface area contributed by atoms with Crippen LogP contribution in [0.2, 0.25) is 0 Å². The van der Waals surface area contributed by atoms with Gasteiger partial charge in [0.25, 0.3) is 0 Å². The van der Waals surface area contributed by atoms with Gasteiger partial charge < -0.3 is 14.8 Å². The molecule has 0 bridgehead atoms. The lowest BCUT2D eigenvalue weighted by Crippen LogP contribution is -2.30. The highest BCUT2D eigenvalue weighted by Gasteiger charge is 2.13. The highest BCUT2D eigenvalue weighted by molar-refractivity contribution is 5.78. The zero-order chi connectivity index (χ0) is 16.7. The normalized spacial score (nSPS) is 11.8. The molecular weight excluding hydrogens is 297 g/mol. The zero-order valence-corrected chi connectivity index (χ0v) is 13.2. The summed E-state index contributed by atoms with van der Waals surface area (Å²) in [4.78, 5) is 12.0. The average molecular weight is 317 g/mol. The summed E-state index contributed by atoms with van der Waals surface area (Å²) in [5.41, 5.74) is 1.69. The van der Waals surface area contributed by atoms with Crippen LogP contribution in [-0.2, 0) is 16.0 Å². The second-order valence-corrected chi connectivity index (χ2v) is 5.11. The lowest BCUT2D eigenvalue weighted by Gasteiger charge is -2.17. The maximum absolute atomic E-state index is 12.8. The van der Waals surface area contributed by atoms with Gasteiger partial charge in [-0.15, -0.1) is 0 Å². The molecule has 122 valence electrons. The van der Waals surface area contributed by atoms with E-state index in [0.29, 0.717) is 6.54 Å². The van der Waals surface area contributed by atoms with Crippen molar-refractivity contribution >= 4 is 5.91 Å². The highest BCUT2D eigenvalue weighted by atomic mass is 19.1. The Morgan fingerprint density at radius 2 is 1.91 bits per heavy atom. The Bertz CT molecular complexity index is 643. The Morgan fingerprint density at radius 1 is 1.17 bits per heavy atom. The third-order valence-electron chi connectivity index (χ3n) is 3.51. The van der Waals surface area contributed by atoms with Crippen LogP contribution in [0.25, 0.3) is 0 Å². The third-order valence-corrected chi connectivity index (χ3v) is 3.51. The van der Waals surface area contributed by atoms with Gasteiger partial charge in [-0.1, -0.05) is 24.3 Å². The van der Waals surface area contributed by atoms with Gasteiger partial charge in [0.1, 0.15) is 11.6 Å². The monoisotopic (exact) mass is 317 g/mol. The van der Waals surface area contributed by atoms with Crippen molar-refractivity contribution < 1.29 is 18.7 Å². The minimum Gasteiger partial charge on any atom is -0.497 e. The van der Waals surface area contributed by atoms with Crippen LogP contribution in [0.4, 0.5) is 4.39 Å². The number of carbonyl (C=O) groups excluding carboxylic acids is 1. The Balaban J connectivity index is 1.91. The number of methoxy groups -OCH3 is 2. The Kier molecular flexibility index (Phi) is 6.11. The van der Waals surface area contributed by atoms with Gasteiger partial charge in [-0.3, -0.25) is 4.79 Å². The average Bonchev–Trinajstić information content (AvgIpc) is 2.58. The first-order valence-corrected chi connectivity index (χ1v) is 7.30. The van der Waals surface area contributed by atoms with Gasteiger partial charge in [-0.25, -0.2) is 4.39 Å². The molecule has 2 aromatic rings. The maximum Gasteiger partial charge on any atom is 0.224 e. The molecule has 0 heterocycles. The summed E-state index contributed by atoms with van der Waals surface area (Å²) in [6.45, 7) is 0.351. The van der Waals surface area contributed by atoms with E-state index in [0.717, 1.165) is 16.9 Å². The first-order valence-electron chi connectivity index (χ1n) is 7.30. The number of halogens is 1. The Labute approximate surface area is 135 Å². The minimum atomic E-state index is -0.313. The molecule has 23 heavy (non-hydrogen) atoms. The largest absolute Gasteiger partial charge is 0.497 e. The van der Waals surface area contributed by atoms with Gasteiger partial charge in [0, 0.05) is 13.7 Å². The minimum absolute atomic E-state index is 0.137. The van der Waals surface area contributed by atoms with E-state index in [1.807, 2.05) is 24.3 Å². The molecule has 4 nitrogen and oxygen atoms in total. The summed E-state index contributed by atoms with van der Waals surface area (Å²) in [7, 11) is 3.20. The number of benzene rings is 2. The molecule has 0 aromatic heterocycles. The number of amides is 1. The van der Waals surface area contributed by atoms with Gasteiger partial charge in [0.05, 0.1) is 19.6 Å². The van der Waals surface area contributed by atoms with Crippen molar-refractivity contribution in [3.05, 3.63) is 65.5 Å². The topological polar surface area (TPSA) is 47.6 Å². The fraction of sp³-hybridized carbons (Fsp3) is 0.278. The van der Waals surface area contributed by atoms with E-state index in [1.165, 1.54) is 12.1 Å². The lowest BCUT2D eigenvalue weighted by molar-refractivity contribution is -0.121. The van der Waals surface area contributed by atoms with Crippen molar-refractivity contribution in [2.24, 2.45) is 0 Å². The van der Waals surface area contributed by atoms with Gasteiger partial charge in [0.2, 0.25) is 5.91 Å². The van der Waals surface area contributed by atoms with Crippen molar-refractivity contribution in [2.75, 3.05) is 20.8 Å². The van der Waals surface area contributed by atoms with E-state index in [2.05, 4.69) is 5.32 Å². The summed E-state index contributed by atoms with van der Waals surface area (Å²) in [5, 5.41) is 2.83. The van der Waals surface area contributed by atoms with Gasteiger partial charge in [-0.2, -0.15) is 0 Å². The summed E-state index contributed by atoms with van der Waals surface area (Å²) in [5.74, 6) is 0.287. The second kappa shape index (κ2) is 8.29. The van der Waals surface area contributed by atoms with E-state index in [9.17, 15) is 9.18 Å². The van der Waals surface area contributed by atoms with Crippen LogP contribution < -0.4 is 10.1 Å². The quantitative estimate of drug-likeness (QED) is 0.854. The van der Waals surface area contributed by atoms with Crippen LogP contribution in [0.5, 0.6) is 5.75 Å². The van der Waals surface area contributed by atoms with Crippen molar-refractivity contribution in [2.45, 2.75) is 12.5 Å².